The van der Waals surface area contributed by atoms with Gasteiger partial charge >= 0.3 is 0 Å². The molecule has 22 heavy (non-hydrogen) atoms. The molecule has 1 aromatic carbocycles. The van der Waals surface area contributed by atoms with Crippen LogP contribution >= 0.6 is 0 Å². The summed E-state index contributed by atoms with van der Waals surface area (Å²) in [5.41, 5.74) is -0.252. The molecule has 0 atom stereocenters. The van der Waals surface area contributed by atoms with Crippen LogP contribution in [-0.2, 0) is 14.8 Å². The second-order valence-electron chi connectivity index (χ2n) is 5.27. The van der Waals surface area contributed by atoms with E-state index in [-0.39, 0.29) is 24.6 Å². The second kappa shape index (κ2) is 6.60. The van der Waals surface area contributed by atoms with Crippen LogP contribution < -0.4 is 4.31 Å². The number of rotatable bonds is 5. The lowest BCUT2D eigenvalue weighted by Crippen LogP contribution is -2.36. The number of anilines is 1. The number of halogens is 2. The van der Waals surface area contributed by atoms with Crippen molar-refractivity contribution >= 4 is 21.6 Å². The van der Waals surface area contributed by atoms with Gasteiger partial charge in [0.25, 0.3) is 0 Å². The first kappa shape index (κ1) is 16.7. The first-order valence-electron chi connectivity index (χ1n) is 6.99. The molecule has 0 aromatic heterocycles. The van der Waals surface area contributed by atoms with E-state index in [1.165, 1.54) is 0 Å². The van der Waals surface area contributed by atoms with Crippen LogP contribution in [-0.4, -0.2) is 45.1 Å². The highest BCUT2D eigenvalue weighted by molar-refractivity contribution is 7.92. The fourth-order valence-electron chi connectivity index (χ4n) is 2.47. The monoisotopic (exact) mass is 332 g/mol. The molecule has 1 aliphatic heterocycles. The van der Waals surface area contributed by atoms with Crippen LogP contribution in [0.1, 0.15) is 19.3 Å². The van der Waals surface area contributed by atoms with Gasteiger partial charge in [-0.1, -0.05) is 0 Å². The van der Waals surface area contributed by atoms with Crippen molar-refractivity contribution < 1.29 is 22.0 Å². The number of likely N-dealkylation sites (tertiary alicyclic amines) is 1. The number of sulfonamides is 1. The lowest BCUT2D eigenvalue weighted by molar-refractivity contribution is -0.129. The van der Waals surface area contributed by atoms with Gasteiger partial charge in [0.15, 0.2) is 0 Å². The third-order valence-corrected chi connectivity index (χ3v) is 4.75. The van der Waals surface area contributed by atoms with Crippen molar-refractivity contribution in [2.75, 3.05) is 30.2 Å². The second-order valence-corrected chi connectivity index (χ2v) is 7.18. The number of nitrogens with zero attached hydrogens (tertiary/aromatic N) is 2. The summed E-state index contributed by atoms with van der Waals surface area (Å²) in [5, 5.41) is 0. The summed E-state index contributed by atoms with van der Waals surface area (Å²) in [6, 6.07) is 2.67. The van der Waals surface area contributed by atoms with E-state index in [1.54, 1.807) is 4.90 Å². The molecule has 8 heteroatoms. The lowest BCUT2D eigenvalue weighted by atomic mass is 10.3. The van der Waals surface area contributed by atoms with Crippen LogP contribution in [0.3, 0.4) is 0 Å². The molecule has 2 rings (SSSR count). The number of carbonyl (C=O) groups is 1. The Bertz CT molecular complexity index is 658. The summed E-state index contributed by atoms with van der Waals surface area (Å²) in [4.78, 5) is 13.7. The van der Waals surface area contributed by atoms with Gasteiger partial charge < -0.3 is 4.90 Å². The summed E-state index contributed by atoms with van der Waals surface area (Å²) in [6.07, 6.45) is 2.77. The summed E-state index contributed by atoms with van der Waals surface area (Å²) < 4.78 is 51.3. The van der Waals surface area contributed by atoms with Crippen molar-refractivity contribution in [2.24, 2.45) is 0 Å². The molecule has 1 saturated heterocycles. The van der Waals surface area contributed by atoms with Crippen LogP contribution in [0.4, 0.5) is 14.5 Å². The van der Waals surface area contributed by atoms with E-state index in [0.29, 0.717) is 19.2 Å². The summed E-state index contributed by atoms with van der Waals surface area (Å²) in [7, 11) is -3.77. The number of hydrogen-bond donors (Lipinski definition) is 0. The molecule has 1 aromatic rings. The zero-order chi connectivity index (χ0) is 16.3. The van der Waals surface area contributed by atoms with E-state index in [2.05, 4.69) is 0 Å². The van der Waals surface area contributed by atoms with E-state index >= 15 is 0 Å². The van der Waals surface area contributed by atoms with Crippen molar-refractivity contribution in [3.8, 4) is 0 Å². The minimum absolute atomic E-state index is 0.0378. The smallest absolute Gasteiger partial charge is 0.232 e. The van der Waals surface area contributed by atoms with E-state index in [9.17, 15) is 22.0 Å². The van der Waals surface area contributed by atoms with Gasteiger partial charge in [0, 0.05) is 32.1 Å². The predicted octanol–water partition coefficient (Wildman–Crippen LogP) is 1.74. The number of benzene rings is 1. The molecule has 0 unspecified atom stereocenters. The highest BCUT2D eigenvalue weighted by Crippen LogP contribution is 2.23. The molecule has 1 aliphatic rings. The molecule has 0 N–H and O–H groups in total. The standard InChI is InChI=1S/C14H18F2N2O3S/c1-22(20,21)18(13-5-4-11(15)10-12(13)16)9-6-14(19)17-7-2-3-8-17/h4-5,10H,2-3,6-9H2,1H3. The Morgan fingerprint density at radius 1 is 1.27 bits per heavy atom. The van der Waals surface area contributed by atoms with Crippen molar-refractivity contribution in [3.63, 3.8) is 0 Å². The number of hydrogen-bond acceptors (Lipinski definition) is 3. The van der Waals surface area contributed by atoms with Crippen LogP contribution in [0, 0.1) is 11.6 Å². The van der Waals surface area contributed by atoms with Crippen LogP contribution in [0.5, 0.6) is 0 Å². The third kappa shape index (κ3) is 3.94. The molecule has 5 nitrogen and oxygen atoms in total. The van der Waals surface area contributed by atoms with Gasteiger partial charge in [0.1, 0.15) is 11.6 Å². The third-order valence-electron chi connectivity index (χ3n) is 3.57. The molecular weight excluding hydrogens is 314 g/mol. The average Bonchev–Trinajstić information content (AvgIpc) is 2.93. The normalized spacial score (nSPS) is 15.1. The Labute approximate surface area is 128 Å². The van der Waals surface area contributed by atoms with Crippen molar-refractivity contribution in [3.05, 3.63) is 29.8 Å². The fraction of sp³-hybridized carbons (Fsp3) is 0.500. The van der Waals surface area contributed by atoms with Gasteiger partial charge in [-0.15, -0.1) is 0 Å². The topological polar surface area (TPSA) is 57.7 Å². The minimum Gasteiger partial charge on any atom is -0.343 e. The highest BCUT2D eigenvalue weighted by atomic mass is 32.2. The maximum absolute atomic E-state index is 13.8. The van der Waals surface area contributed by atoms with Gasteiger partial charge in [0.2, 0.25) is 15.9 Å². The maximum Gasteiger partial charge on any atom is 0.232 e. The number of amides is 1. The molecule has 122 valence electrons. The zero-order valence-corrected chi connectivity index (χ0v) is 13.1. The van der Waals surface area contributed by atoms with Gasteiger partial charge in [0.05, 0.1) is 11.9 Å². The quantitative estimate of drug-likeness (QED) is 0.825. The van der Waals surface area contributed by atoms with E-state index in [1.807, 2.05) is 0 Å². The van der Waals surface area contributed by atoms with Gasteiger partial charge in [-0.05, 0) is 25.0 Å². The zero-order valence-electron chi connectivity index (χ0n) is 12.3. The molecular formula is C14H18F2N2O3S. The molecule has 1 heterocycles. The first-order valence-corrected chi connectivity index (χ1v) is 8.84. The molecule has 0 radical (unpaired) electrons. The first-order chi connectivity index (χ1) is 10.3. The van der Waals surface area contributed by atoms with Gasteiger partial charge in [-0.25, -0.2) is 17.2 Å². The fourth-order valence-corrected chi connectivity index (χ4v) is 3.40. The molecule has 0 saturated carbocycles. The van der Waals surface area contributed by atoms with Crippen molar-refractivity contribution in [1.29, 1.82) is 0 Å². The van der Waals surface area contributed by atoms with Gasteiger partial charge in [-0.2, -0.15) is 0 Å². The Morgan fingerprint density at radius 2 is 1.91 bits per heavy atom. The average molecular weight is 332 g/mol. The van der Waals surface area contributed by atoms with Crippen LogP contribution in [0.2, 0.25) is 0 Å². The van der Waals surface area contributed by atoms with Crippen molar-refractivity contribution in [1.82, 2.24) is 4.90 Å². The summed E-state index contributed by atoms with van der Waals surface area (Å²) in [6.45, 7) is 1.17. The minimum atomic E-state index is -3.77. The van der Waals surface area contributed by atoms with Crippen LogP contribution in [0.25, 0.3) is 0 Å². The van der Waals surface area contributed by atoms with E-state index < -0.39 is 21.7 Å². The van der Waals surface area contributed by atoms with E-state index in [0.717, 1.165) is 35.5 Å². The van der Waals surface area contributed by atoms with Crippen molar-refractivity contribution in [2.45, 2.75) is 19.3 Å². The Balaban J connectivity index is 2.15. The SMILES string of the molecule is CS(=O)(=O)N(CCC(=O)N1CCCC1)c1ccc(F)cc1F. The Kier molecular flexibility index (Phi) is 5.00. The molecule has 1 fully saturated rings. The molecule has 0 spiro atoms. The van der Waals surface area contributed by atoms with Crippen LogP contribution in [0.15, 0.2) is 18.2 Å². The lowest BCUT2D eigenvalue weighted by Gasteiger charge is -2.24. The molecule has 1 amide bonds. The van der Waals surface area contributed by atoms with Gasteiger partial charge in [-0.3, -0.25) is 9.10 Å². The highest BCUT2D eigenvalue weighted by Gasteiger charge is 2.24. The largest absolute Gasteiger partial charge is 0.343 e. The summed E-state index contributed by atoms with van der Waals surface area (Å²) in [5.74, 6) is -1.92. The number of carbonyl (C=O) groups excluding carboxylic acids is 1. The molecule has 0 aliphatic carbocycles. The maximum atomic E-state index is 13.8. The Hall–Kier alpha value is -1.70. The van der Waals surface area contributed by atoms with E-state index in [4.69, 9.17) is 0 Å². The molecule has 0 bridgehead atoms. The predicted molar refractivity (Wildman–Crippen MR) is 79.0 cm³/mol. The summed E-state index contributed by atoms with van der Waals surface area (Å²) >= 11 is 0. The Morgan fingerprint density at radius 3 is 2.45 bits per heavy atom.